The predicted octanol–water partition coefficient (Wildman–Crippen LogP) is 3.51. The summed E-state index contributed by atoms with van der Waals surface area (Å²) in [5.41, 5.74) is 0.209. The van der Waals surface area contributed by atoms with Gasteiger partial charge < -0.3 is 4.74 Å². The highest BCUT2D eigenvalue weighted by Gasteiger charge is 2.19. The van der Waals surface area contributed by atoms with Crippen LogP contribution >= 0.6 is 11.6 Å². The van der Waals surface area contributed by atoms with Crippen LogP contribution in [0.4, 0.5) is 5.69 Å². The van der Waals surface area contributed by atoms with Crippen molar-refractivity contribution in [2.45, 2.75) is 0 Å². The summed E-state index contributed by atoms with van der Waals surface area (Å²) >= 11 is 5.86. The van der Waals surface area contributed by atoms with E-state index in [-0.39, 0.29) is 28.8 Å². The SMILES string of the molecule is O=C(COc1c(Cl)cccc1[N+](=O)[O-])c1ccccc1. The van der Waals surface area contributed by atoms with Gasteiger partial charge in [-0.15, -0.1) is 0 Å². The van der Waals surface area contributed by atoms with Gasteiger partial charge in [0.1, 0.15) is 0 Å². The fourth-order valence-corrected chi connectivity index (χ4v) is 1.85. The Labute approximate surface area is 119 Å². The number of rotatable bonds is 5. The molecule has 2 rings (SSSR count). The van der Waals surface area contributed by atoms with Gasteiger partial charge in [0.15, 0.2) is 12.4 Å². The smallest absolute Gasteiger partial charge is 0.312 e. The van der Waals surface area contributed by atoms with E-state index in [1.54, 1.807) is 30.3 Å². The van der Waals surface area contributed by atoms with Gasteiger partial charge in [0.25, 0.3) is 0 Å². The Morgan fingerprint density at radius 1 is 1.15 bits per heavy atom. The second-order valence-electron chi connectivity index (χ2n) is 3.92. The molecule has 0 amide bonds. The molecule has 2 aromatic carbocycles. The van der Waals surface area contributed by atoms with E-state index in [0.29, 0.717) is 5.56 Å². The van der Waals surface area contributed by atoms with Gasteiger partial charge in [-0.1, -0.05) is 48.0 Å². The number of hydrogen-bond donors (Lipinski definition) is 0. The fourth-order valence-electron chi connectivity index (χ4n) is 1.63. The molecule has 20 heavy (non-hydrogen) atoms. The van der Waals surface area contributed by atoms with Crippen molar-refractivity contribution >= 4 is 23.1 Å². The van der Waals surface area contributed by atoms with Gasteiger partial charge in [-0.25, -0.2) is 0 Å². The third-order valence-corrected chi connectivity index (χ3v) is 2.88. The van der Waals surface area contributed by atoms with Crippen LogP contribution in [0.5, 0.6) is 5.75 Å². The summed E-state index contributed by atoms with van der Waals surface area (Å²) < 4.78 is 5.22. The number of benzene rings is 2. The summed E-state index contributed by atoms with van der Waals surface area (Å²) in [7, 11) is 0. The molecular weight excluding hydrogens is 282 g/mol. The van der Waals surface area contributed by atoms with Crippen molar-refractivity contribution < 1.29 is 14.5 Å². The largest absolute Gasteiger partial charge is 0.477 e. The van der Waals surface area contributed by atoms with Gasteiger partial charge in [-0.05, 0) is 6.07 Å². The van der Waals surface area contributed by atoms with Crippen molar-refractivity contribution in [1.82, 2.24) is 0 Å². The minimum atomic E-state index is -0.603. The van der Waals surface area contributed by atoms with Crippen molar-refractivity contribution in [1.29, 1.82) is 0 Å². The molecule has 2 aromatic rings. The molecule has 0 radical (unpaired) electrons. The Hall–Kier alpha value is -2.40. The average Bonchev–Trinajstić information content (AvgIpc) is 2.46. The van der Waals surface area contributed by atoms with Crippen LogP contribution in [0, 0.1) is 10.1 Å². The maximum Gasteiger partial charge on any atom is 0.312 e. The van der Waals surface area contributed by atoms with E-state index in [1.165, 1.54) is 18.2 Å². The van der Waals surface area contributed by atoms with Crippen LogP contribution in [0.15, 0.2) is 48.5 Å². The number of ketones is 1. The molecule has 0 aliphatic carbocycles. The number of Topliss-reactive ketones (excluding diaryl/α,β-unsaturated/α-hetero) is 1. The first-order chi connectivity index (χ1) is 9.59. The zero-order valence-corrected chi connectivity index (χ0v) is 11.0. The van der Waals surface area contributed by atoms with Crippen LogP contribution in [0.1, 0.15) is 10.4 Å². The Kier molecular flexibility index (Phi) is 4.32. The van der Waals surface area contributed by atoms with Gasteiger partial charge in [0, 0.05) is 11.6 Å². The molecule has 5 nitrogen and oxygen atoms in total. The fraction of sp³-hybridized carbons (Fsp3) is 0.0714. The first-order valence-corrected chi connectivity index (χ1v) is 6.11. The van der Waals surface area contributed by atoms with Gasteiger partial charge in [-0.2, -0.15) is 0 Å². The number of hydrogen-bond acceptors (Lipinski definition) is 4. The number of carbonyl (C=O) groups excluding carboxylic acids is 1. The van der Waals surface area contributed by atoms with Crippen molar-refractivity contribution in [2.24, 2.45) is 0 Å². The summed E-state index contributed by atoms with van der Waals surface area (Å²) in [4.78, 5) is 22.1. The van der Waals surface area contributed by atoms with Crippen molar-refractivity contribution in [3.8, 4) is 5.75 Å². The summed E-state index contributed by atoms with van der Waals surface area (Å²) in [6, 6.07) is 12.7. The third-order valence-electron chi connectivity index (χ3n) is 2.59. The molecule has 0 heterocycles. The number of nitro benzene ring substituents is 1. The normalized spacial score (nSPS) is 10.1. The second-order valence-corrected chi connectivity index (χ2v) is 4.33. The van der Waals surface area contributed by atoms with Gasteiger partial charge in [-0.3, -0.25) is 14.9 Å². The van der Waals surface area contributed by atoms with Crippen molar-refractivity contribution in [2.75, 3.05) is 6.61 Å². The number of ether oxygens (including phenoxy) is 1. The Bertz CT molecular complexity index is 643. The Morgan fingerprint density at radius 2 is 1.85 bits per heavy atom. The summed E-state index contributed by atoms with van der Waals surface area (Å²) in [6.07, 6.45) is 0. The topological polar surface area (TPSA) is 69.4 Å². The molecule has 0 saturated heterocycles. The maximum atomic E-state index is 11.9. The molecule has 0 aromatic heterocycles. The zero-order chi connectivity index (χ0) is 14.5. The summed E-state index contributed by atoms with van der Waals surface area (Å²) in [5, 5.41) is 11.0. The number of para-hydroxylation sites is 1. The highest BCUT2D eigenvalue weighted by molar-refractivity contribution is 6.32. The van der Waals surface area contributed by atoms with E-state index in [1.807, 2.05) is 0 Å². The molecule has 102 valence electrons. The zero-order valence-electron chi connectivity index (χ0n) is 10.3. The lowest BCUT2D eigenvalue weighted by molar-refractivity contribution is -0.385. The molecule has 0 spiro atoms. The number of nitro groups is 1. The molecule has 0 fully saturated rings. The van der Waals surface area contributed by atoms with Crippen LogP contribution in [-0.4, -0.2) is 17.3 Å². The van der Waals surface area contributed by atoms with E-state index < -0.39 is 4.92 Å². The average molecular weight is 292 g/mol. The summed E-state index contributed by atoms with van der Waals surface area (Å²) in [5.74, 6) is -0.372. The Morgan fingerprint density at radius 3 is 2.50 bits per heavy atom. The van der Waals surface area contributed by atoms with Crippen LogP contribution in [0.3, 0.4) is 0 Å². The van der Waals surface area contributed by atoms with Crippen molar-refractivity contribution in [3.05, 3.63) is 69.2 Å². The van der Waals surface area contributed by atoms with Gasteiger partial charge >= 0.3 is 5.69 Å². The van der Waals surface area contributed by atoms with Gasteiger partial charge in [0.05, 0.1) is 9.95 Å². The minimum Gasteiger partial charge on any atom is -0.477 e. The third kappa shape index (κ3) is 3.13. The van der Waals surface area contributed by atoms with E-state index in [9.17, 15) is 14.9 Å². The van der Waals surface area contributed by atoms with E-state index in [2.05, 4.69) is 0 Å². The lowest BCUT2D eigenvalue weighted by atomic mass is 10.1. The van der Waals surface area contributed by atoms with Gasteiger partial charge in [0.2, 0.25) is 5.75 Å². The van der Waals surface area contributed by atoms with Crippen LogP contribution in [0.2, 0.25) is 5.02 Å². The van der Waals surface area contributed by atoms with Crippen LogP contribution < -0.4 is 4.74 Å². The second kappa shape index (κ2) is 6.16. The molecule has 0 bridgehead atoms. The molecule has 0 aliphatic heterocycles. The van der Waals surface area contributed by atoms with Crippen LogP contribution in [0.25, 0.3) is 0 Å². The highest BCUT2D eigenvalue weighted by Crippen LogP contribution is 2.34. The molecule has 0 saturated carbocycles. The lowest BCUT2D eigenvalue weighted by Gasteiger charge is -2.07. The van der Waals surface area contributed by atoms with Crippen LogP contribution in [-0.2, 0) is 0 Å². The number of halogens is 1. The van der Waals surface area contributed by atoms with Crippen molar-refractivity contribution in [3.63, 3.8) is 0 Å². The standard InChI is InChI=1S/C14H10ClNO4/c15-11-7-4-8-12(16(18)19)14(11)20-9-13(17)10-5-2-1-3-6-10/h1-8H,9H2. The van der Waals surface area contributed by atoms with E-state index in [4.69, 9.17) is 16.3 Å². The highest BCUT2D eigenvalue weighted by atomic mass is 35.5. The minimum absolute atomic E-state index is 0.0940. The first kappa shape index (κ1) is 14.0. The summed E-state index contributed by atoms with van der Waals surface area (Å²) in [6.45, 7) is -0.311. The molecule has 6 heteroatoms. The number of nitrogens with zero attached hydrogens (tertiary/aromatic N) is 1. The molecular formula is C14H10ClNO4. The predicted molar refractivity (Wildman–Crippen MR) is 74.4 cm³/mol. The first-order valence-electron chi connectivity index (χ1n) is 5.73. The quantitative estimate of drug-likeness (QED) is 0.480. The van der Waals surface area contributed by atoms with E-state index >= 15 is 0 Å². The number of carbonyl (C=O) groups is 1. The monoisotopic (exact) mass is 291 g/mol. The lowest BCUT2D eigenvalue weighted by Crippen LogP contribution is -2.12. The maximum absolute atomic E-state index is 11.9. The van der Waals surface area contributed by atoms with E-state index in [0.717, 1.165) is 0 Å². The molecule has 0 N–H and O–H groups in total. The molecule has 0 atom stereocenters. The molecule has 0 unspecified atom stereocenters. The molecule has 0 aliphatic rings. The Balaban J connectivity index is 2.16.